The summed E-state index contributed by atoms with van der Waals surface area (Å²) in [6.07, 6.45) is 0. The number of carbonyl (C=O) groups excluding carboxylic acids is 2. The molecule has 4 rings (SSSR count). The summed E-state index contributed by atoms with van der Waals surface area (Å²) in [6.45, 7) is 1.66. The van der Waals surface area contributed by atoms with Gasteiger partial charge in [-0.15, -0.1) is 0 Å². The molecule has 0 aliphatic carbocycles. The zero-order valence-corrected chi connectivity index (χ0v) is 17.9. The van der Waals surface area contributed by atoms with Crippen LogP contribution in [0.4, 0.5) is 15.8 Å². The van der Waals surface area contributed by atoms with Gasteiger partial charge in [-0.05, 0) is 48.0 Å². The van der Waals surface area contributed by atoms with Gasteiger partial charge in [-0.3, -0.25) is 9.59 Å². The van der Waals surface area contributed by atoms with Gasteiger partial charge in [0.15, 0.2) is 0 Å². The van der Waals surface area contributed by atoms with E-state index in [1.54, 1.807) is 54.6 Å². The van der Waals surface area contributed by atoms with Crippen molar-refractivity contribution in [2.75, 3.05) is 29.9 Å². The zero-order valence-electron chi connectivity index (χ0n) is 17.1. The quantitative estimate of drug-likeness (QED) is 0.585. The number of hydrogen-bond acceptors (Lipinski definition) is 4. The predicted molar refractivity (Wildman–Crippen MR) is 122 cm³/mol. The molecule has 0 atom stereocenters. The van der Waals surface area contributed by atoms with Crippen molar-refractivity contribution in [1.82, 2.24) is 5.32 Å². The van der Waals surface area contributed by atoms with Crippen LogP contribution in [0.2, 0.25) is 5.02 Å². The molecule has 3 aromatic rings. The largest absolute Gasteiger partial charge is 0.488 e. The summed E-state index contributed by atoms with van der Waals surface area (Å²) in [6, 6.07) is 18.1. The van der Waals surface area contributed by atoms with Crippen molar-refractivity contribution in [2.45, 2.75) is 6.61 Å². The SMILES string of the molecule is O=C1CN(c2ccc(NC(=O)c3ccccc3OCc3ccc(F)cc3)cc2Cl)CCN1. The van der Waals surface area contributed by atoms with Gasteiger partial charge in [0, 0.05) is 18.8 Å². The zero-order chi connectivity index (χ0) is 22.5. The van der Waals surface area contributed by atoms with Crippen LogP contribution in [0.3, 0.4) is 0 Å². The summed E-state index contributed by atoms with van der Waals surface area (Å²) >= 11 is 6.42. The molecule has 0 bridgehead atoms. The van der Waals surface area contributed by atoms with E-state index in [1.165, 1.54) is 12.1 Å². The molecule has 0 unspecified atom stereocenters. The molecule has 2 N–H and O–H groups in total. The topological polar surface area (TPSA) is 70.7 Å². The van der Waals surface area contributed by atoms with Gasteiger partial charge < -0.3 is 20.3 Å². The monoisotopic (exact) mass is 453 g/mol. The van der Waals surface area contributed by atoms with Gasteiger partial charge in [-0.1, -0.05) is 35.9 Å². The fourth-order valence-electron chi connectivity index (χ4n) is 3.41. The van der Waals surface area contributed by atoms with Crippen molar-refractivity contribution in [3.8, 4) is 5.75 Å². The Kier molecular flexibility index (Phi) is 6.56. The Labute approximate surface area is 189 Å². The summed E-state index contributed by atoms with van der Waals surface area (Å²) in [4.78, 5) is 26.4. The molecule has 1 fully saturated rings. The van der Waals surface area contributed by atoms with Crippen molar-refractivity contribution < 1.29 is 18.7 Å². The van der Waals surface area contributed by atoms with Crippen LogP contribution in [0, 0.1) is 5.82 Å². The van der Waals surface area contributed by atoms with Gasteiger partial charge in [0.2, 0.25) is 5.91 Å². The van der Waals surface area contributed by atoms with Crippen LogP contribution >= 0.6 is 11.6 Å². The minimum atomic E-state index is -0.346. The number of para-hydroxylation sites is 1. The lowest BCUT2D eigenvalue weighted by Crippen LogP contribution is -2.47. The van der Waals surface area contributed by atoms with Gasteiger partial charge in [-0.25, -0.2) is 4.39 Å². The lowest BCUT2D eigenvalue weighted by molar-refractivity contribution is -0.120. The molecule has 1 heterocycles. The Hall–Kier alpha value is -3.58. The number of halogens is 2. The second-order valence-electron chi connectivity index (χ2n) is 7.30. The molecule has 1 aliphatic heterocycles. The molecule has 8 heteroatoms. The number of nitrogens with one attached hydrogen (secondary N) is 2. The second-order valence-corrected chi connectivity index (χ2v) is 7.71. The van der Waals surface area contributed by atoms with E-state index in [0.717, 1.165) is 11.3 Å². The second kappa shape index (κ2) is 9.70. The first-order valence-corrected chi connectivity index (χ1v) is 10.5. The highest BCUT2D eigenvalue weighted by Gasteiger charge is 2.19. The van der Waals surface area contributed by atoms with Gasteiger partial charge >= 0.3 is 0 Å². The molecular formula is C24H21ClFN3O3. The Morgan fingerprint density at radius 2 is 1.91 bits per heavy atom. The average molecular weight is 454 g/mol. The van der Waals surface area contributed by atoms with Crippen molar-refractivity contribution in [1.29, 1.82) is 0 Å². The van der Waals surface area contributed by atoms with Crippen LogP contribution in [-0.4, -0.2) is 31.4 Å². The number of nitrogens with zero attached hydrogens (tertiary/aromatic N) is 1. The van der Waals surface area contributed by atoms with Gasteiger partial charge in [-0.2, -0.15) is 0 Å². The van der Waals surface area contributed by atoms with E-state index in [1.807, 2.05) is 4.90 Å². The third kappa shape index (κ3) is 5.18. The number of anilines is 2. The first-order valence-electron chi connectivity index (χ1n) is 10.1. The van der Waals surface area contributed by atoms with Crippen LogP contribution in [-0.2, 0) is 11.4 Å². The Bertz CT molecular complexity index is 1140. The Balaban J connectivity index is 1.45. The Morgan fingerprint density at radius 3 is 2.66 bits per heavy atom. The van der Waals surface area contributed by atoms with Gasteiger partial charge in [0.05, 0.1) is 22.8 Å². The third-order valence-electron chi connectivity index (χ3n) is 5.02. The summed E-state index contributed by atoms with van der Waals surface area (Å²) in [5.74, 6) is -0.305. The number of rotatable bonds is 6. The predicted octanol–water partition coefficient (Wildman–Crippen LogP) is 4.25. The van der Waals surface area contributed by atoms with Crippen LogP contribution in [0.5, 0.6) is 5.75 Å². The van der Waals surface area contributed by atoms with Crippen molar-refractivity contribution >= 4 is 34.8 Å². The van der Waals surface area contributed by atoms with Crippen LogP contribution in [0.15, 0.2) is 66.7 Å². The fraction of sp³-hybridized carbons (Fsp3) is 0.167. The number of piperazine rings is 1. The number of carbonyl (C=O) groups is 2. The third-order valence-corrected chi connectivity index (χ3v) is 5.33. The number of amides is 2. The molecule has 6 nitrogen and oxygen atoms in total. The molecule has 1 aliphatic rings. The van der Waals surface area contributed by atoms with Crippen LogP contribution in [0.1, 0.15) is 15.9 Å². The van der Waals surface area contributed by atoms with Crippen LogP contribution < -0.4 is 20.3 Å². The maximum atomic E-state index is 13.1. The molecule has 0 spiro atoms. The van der Waals surface area contributed by atoms with E-state index in [-0.39, 0.29) is 30.8 Å². The molecule has 0 saturated carbocycles. The lowest BCUT2D eigenvalue weighted by atomic mass is 10.1. The standard InChI is InChI=1S/C24H21ClFN3O3/c25-20-13-18(9-10-21(20)29-12-11-27-23(30)14-29)28-24(31)19-3-1-2-4-22(19)32-15-16-5-7-17(26)8-6-16/h1-10,13H,11-12,14-15H2,(H,27,30)(H,28,31). The van der Waals surface area contributed by atoms with E-state index in [9.17, 15) is 14.0 Å². The number of ether oxygens (including phenoxy) is 1. The van der Waals surface area contributed by atoms with E-state index in [2.05, 4.69) is 10.6 Å². The van der Waals surface area contributed by atoms with Crippen LogP contribution in [0.25, 0.3) is 0 Å². The normalized spacial score (nSPS) is 13.4. The lowest BCUT2D eigenvalue weighted by Gasteiger charge is -2.29. The van der Waals surface area contributed by atoms with Gasteiger partial charge in [0.1, 0.15) is 18.2 Å². The molecule has 2 amide bonds. The van der Waals surface area contributed by atoms with Crippen molar-refractivity contribution in [2.24, 2.45) is 0 Å². The highest BCUT2D eigenvalue weighted by atomic mass is 35.5. The summed E-state index contributed by atoms with van der Waals surface area (Å²) in [5.41, 5.74) is 2.42. The molecule has 164 valence electrons. The number of hydrogen-bond donors (Lipinski definition) is 2. The molecule has 0 radical (unpaired) electrons. The minimum absolute atomic E-state index is 0.0538. The highest BCUT2D eigenvalue weighted by molar-refractivity contribution is 6.33. The summed E-state index contributed by atoms with van der Waals surface area (Å²) in [7, 11) is 0. The molecule has 3 aromatic carbocycles. The highest BCUT2D eigenvalue weighted by Crippen LogP contribution is 2.30. The maximum Gasteiger partial charge on any atom is 0.259 e. The average Bonchev–Trinajstić information content (AvgIpc) is 2.79. The first kappa shape index (κ1) is 21.6. The molecule has 32 heavy (non-hydrogen) atoms. The smallest absolute Gasteiger partial charge is 0.259 e. The molecular weight excluding hydrogens is 433 g/mol. The Morgan fingerprint density at radius 1 is 1.12 bits per heavy atom. The van der Waals surface area contributed by atoms with E-state index in [4.69, 9.17) is 16.3 Å². The van der Waals surface area contributed by atoms with E-state index >= 15 is 0 Å². The van der Waals surface area contributed by atoms with Crippen molar-refractivity contribution in [3.63, 3.8) is 0 Å². The van der Waals surface area contributed by atoms with E-state index < -0.39 is 0 Å². The fourth-order valence-corrected chi connectivity index (χ4v) is 3.71. The minimum Gasteiger partial charge on any atom is -0.488 e. The maximum absolute atomic E-state index is 13.1. The van der Waals surface area contributed by atoms with Gasteiger partial charge in [0.25, 0.3) is 5.91 Å². The van der Waals surface area contributed by atoms with Crippen molar-refractivity contribution in [3.05, 3.63) is 88.7 Å². The molecule has 1 saturated heterocycles. The first-order chi connectivity index (χ1) is 15.5. The molecule has 0 aromatic heterocycles. The summed E-state index contributed by atoms with van der Waals surface area (Å²) < 4.78 is 18.9. The summed E-state index contributed by atoms with van der Waals surface area (Å²) in [5, 5.41) is 6.05. The number of benzene rings is 3. The van der Waals surface area contributed by atoms with E-state index in [0.29, 0.717) is 35.1 Å².